The Hall–Kier alpha value is -2.08. The Morgan fingerprint density at radius 1 is 1.23 bits per heavy atom. The Morgan fingerprint density at radius 2 is 1.92 bits per heavy atom. The molecule has 0 atom stereocenters. The maximum absolute atomic E-state index is 12.1. The van der Waals surface area contributed by atoms with E-state index in [0.29, 0.717) is 19.6 Å². The minimum atomic E-state index is -0.372. The van der Waals surface area contributed by atoms with Gasteiger partial charge in [-0.1, -0.05) is 18.2 Å². The Kier molecular flexibility index (Phi) is 5.51. The number of nitrogens with one attached hydrogen (secondary N) is 1. The molecule has 1 spiro atoms. The molecule has 26 heavy (non-hydrogen) atoms. The van der Waals surface area contributed by atoms with Gasteiger partial charge in [0.05, 0.1) is 13.1 Å². The van der Waals surface area contributed by atoms with Crippen LogP contribution >= 0.6 is 0 Å². The zero-order valence-electron chi connectivity index (χ0n) is 16.0. The summed E-state index contributed by atoms with van der Waals surface area (Å²) in [4.78, 5) is 28.2. The Balaban J connectivity index is 1.70. The molecule has 6 heteroatoms. The van der Waals surface area contributed by atoms with Crippen molar-refractivity contribution in [2.75, 3.05) is 26.2 Å². The van der Waals surface area contributed by atoms with Gasteiger partial charge in [0.15, 0.2) is 0 Å². The molecule has 0 radical (unpaired) electrons. The lowest BCUT2D eigenvalue weighted by atomic mass is 9.90. The summed E-state index contributed by atoms with van der Waals surface area (Å²) in [5, 5.41) is 2.94. The molecule has 6 nitrogen and oxygen atoms in total. The Bertz CT molecular complexity index is 666. The van der Waals surface area contributed by atoms with E-state index >= 15 is 0 Å². The summed E-state index contributed by atoms with van der Waals surface area (Å²) in [6.07, 6.45) is 1.61. The molecule has 1 aromatic rings. The molecule has 0 saturated carbocycles. The van der Waals surface area contributed by atoms with Crippen LogP contribution in [0.3, 0.4) is 0 Å². The van der Waals surface area contributed by atoms with Crippen LogP contribution in [0, 0.1) is 0 Å². The second kappa shape index (κ2) is 7.66. The summed E-state index contributed by atoms with van der Waals surface area (Å²) in [7, 11) is 0. The molecule has 1 N–H and O–H groups in total. The number of para-hydroxylation sites is 1. The number of carbonyl (C=O) groups excluding carboxylic acids is 2. The molecular formula is C20H29N3O3. The zero-order chi connectivity index (χ0) is 18.7. The molecule has 0 unspecified atom stereocenters. The minimum absolute atomic E-state index is 0.0634. The van der Waals surface area contributed by atoms with Crippen molar-refractivity contribution in [1.82, 2.24) is 15.1 Å². The van der Waals surface area contributed by atoms with E-state index in [1.807, 2.05) is 43.0 Å². The third kappa shape index (κ3) is 4.36. The molecule has 2 aliphatic rings. The molecule has 2 amide bonds. The molecule has 0 bridgehead atoms. The van der Waals surface area contributed by atoms with Crippen molar-refractivity contribution in [3.05, 3.63) is 29.8 Å². The quantitative estimate of drug-likeness (QED) is 0.894. The van der Waals surface area contributed by atoms with Crippen LogP contribution < -0.4 is 10.1 Å². The van der Waals surface area contributed by atoms with Gasteiger partial charge in [-0.05, 0) is 19.9 Å². The standard InChI is InChI=1S/C20H29N3O3/c1-15(2)21-19(25)13-22-10-8-20(9-11-22)14-23(16(3)24)12-17-6-4-5-7-18(17)26-20/h4-7,15H,8-14H2,1-3H3,(H,21,25). The van der Waals surface area contributed by atoms with Gasteiger partial charge in [-0.25, -0.2) is 0 Å². The smallest absolute Gasteiger partial charge is 0.234 e. The number of benzene rings is 1. The van der Waals surface area contributed by atoms with Gasteiger partial charge in [0.2, 0.25) is 11.8 Å². The fraction of sp³-hybridized carbons (Fsp3) is 0.600. The highest BCUT2D eigenvalue weighted by atomic mass is 16.5. The fourth-order valence-electron chi connectivity index (χ4n) is 3.78. The lowest BCUT2D eigenvalue weighted by Crippen LogP contribution is -2.55. The average molecular weight is 359 g/mol. The van der Waals surface area contributed by atoms with E-state index in [9.17, 15) is 9.59 Å². The van der Waals surface area contributed by atoms with Gasteiger partial charge in [0.1, 0.15) is 11.4 Å². The van der Waals surface area contributed by atoms with Crippen LogP contribution in [0.15, 0.2) is 24.3 Å². The molecule has 1 fully saturated rings. The first-order chi connectivity index (χ1) is 12.4. The number of carbonyl (C=O) groups is 2. The number of likely N-dealkylation sites (tertiary alicyclic amines) is 1. The van der Waals surface area contributed by atoms with E-state index in [-0.39, 0.29) is 23.5 Å². The molecule has 142 valence electrons. The molecule has 1 aromatic carbocycles. The van der Waals surface area contributed by atoms with Gasteiger partial charge >= 0.3 is 0 Å². The number of rotatable bonds is 3. The summed E-state index contributed by atoms with van der Waals surface area (Å²) < 4.78 is 6.46. The number of nitrogens with zero attached hydrogens (tertiary/aromatic N) is 2. The first kappa shape index (κ1) is 18.7. The van der Waals surface area contributed by atoms with Gasteiger partial charge in [0.25, 0.3) is 0 Å². The van der Waals surface area contributed by atoms with E-state index in [1.54, 1.807) is 6.92 Å². The van der Waals surface area contributed by atoms with E-state index < -0.39 is 0 Å². The number of fused-ring (bicyclic) bond motifs is 1. The molecule has 3 rings (SSSR count). The van der Waals surface area contributed by atoms with Gasteiger partial charge < -0.3 is 15.0 Å². The fourth-order valence-corrected chi connectivity index (χ4v) is 3.78. The van der Waals surface area contributed by atoms with Gasteiger partial charge in [-0.15, -0.1) is 0 Å². The Labute approximate surface area is 155 Å². The summed E-state index contributed by atoms with van der Waals surface area (Å²) >= 11 is 0. The first-order valence-electron chi connectivity index (χ1n) is 9.41. The predicted molar refractivity (Wildman–Crippen MR) is 99.8 cm³/mol. The first-order valence-corrected chi connectivity index (χ1v) is 9.41. The van der Waals surface area contributed by atoms with Crippen LogP contribution in [0.2, 0.25) is 0 Å². The summed E-state index contributed by atoms with van der Waals surface area (Å²) in [6.45, 7) is 8.75. The van der Waals surface area contributed by atoms with Crippen LogP contribution in [0.25, 0.3) is 0 Å². The lowest BCUT2D eigenvalue weighted by molar-refractivity contribution is -0.133. The predicted octanol–water partition coefficient (Wildman–Crippen LogP) is 1.79. The maximum Gasteiger partial charge on any atom is 0.234 e. The molecule has 2 aliphatic heterocycles. The summed E-state index contributed by atoms with van der Waals surface area (Å²) in [5.74, 6) is 1.01. The monoisotopic (exact) mass is 359 g/mol. The van der Waals surface area contributed by atoms with E-state index in [2.05, 4.69) is 10.2 Å². The summed E-state index contributed by atoms with van der Waals surface area (Å²) in [5.41, 5.74) is 0.682. The largest absolute Gasteiger partial charge is 0.485 e. The van der Waals surface area contributed by atoms with Crippen LogP contribution in [0.1, 0.15) is 39.2 Å². The van der Waals surface area contributed by atoms with Crippen molar-refractivity contribution in [2.24, 2.45) is 0 Å². The number of hydrogen-bond acceptors (Lipinski definition) is 4. The van der Waals surface area contributed by atoms with E-state index in [0.717, 1.165) is 37.2 Å². The molecule has 0 aromatic heterocycles. The van der Waals surface area contributed by atoms with Crippen LogP contribution in [-0.4, -0.2) is 59.4 Å². The highest BCUT2D eigenvalue weighted by Gasteiger charge is 2.41. The van der Waals surface area contributed by atoms with E-state index in [1.165, 1.54) is 0 Å². The Morgan fingerprint density at radius 3 is 2.58 bits per heavy atom. The van der Waals surface area contributed by atoms with E-state index in [4.69, 9.17) is 4.74 Å². The van der Waals surface area contributed by atoms with Gasteiger partial charge in [0, 0.05) is 51.0 Å². The molecule has 0 aliphatic carbocycles. The SMILES string of the molecule is CC(=O)N1Cc2ccccc2OC2(CCN(CC(=O)NC(C)C)CC2)C1. The van der Waals surface area contributed by atoms with Crippen molar-refractivity contribution in [3.8, 4) is 5.75 Å². The van der Waals surface area contributed by atoms with Gasteiger partial charge in [-0.2, -0.15) is 0 Å². The zero-order valence-corrected chi connectivity index (χ0v) is 16.0. The maximum atomic E-state index is 12.1. The second-order valence-electron chi connectivity index (χ2n) is 7.77. The third-order valence-electron chi connectivity index (χ3n) is 5.17. The van der Waals surface area contributed by atoms with Crippen LogP contribution in [-0.2, 0) is 16.1 Å². The number of ether oxygens (including phenoxy) is 1. The highest BCUT2D eigenvalue weighted by molar-refractivity contribution is 5.78. The van der Waals surface area contributed by atoms with Crippen molar-refractivity contribution in [3.63, 3.8) is 0 Å². The summed E-state index contributed by atoms with van der Waals surface area (Å²) in [6, 6.07) is 8.12. The van der Waals surface area contributed by atoms with Crippen molar-refractivity contribution in [2.45, 2.75) is 51.8 Å². The highest BCUT2D eigenvalue weighted by Crippen LogP contribution is 2.35. The normalized spacial score (nSPS) is 19.6. The van der Waals surface area contributed by atoms with Crippen LogP contribution in [0.4, 0.5) is 0 Å². The topological polar surface area (TPSA) is 61.9 Å². The number of amides is 2. The van der Waals surface area contributed by atoms with Crippen LogP contribution in [0.5, 0.6) is 5.75 Å². The average Bonchev–Trinajstić information content (AvgIpc) is 2.73. The lowest BCUT2D eigenvalue weighted by Gasteiger charge is -2.42. The second-order valence-corrected chi connectivity index (χ2v) is 7.77. The third-order valence-corrected chi connectivity index (χ3v) is 5.17. The molecule has 1 saturated heterocycles. The number of piperidine rings is 1. The van der Waals surface area contributed by atoms with Gasteiger partial charge in [-0.3, -0.25) is 14.5 Å². The molecular weight excluding hydrogens is 330 g/mol. The van der Waals surface area contributed by atoms with Crippen molar-refractivity contribution in [1.29, 1.82) is 0 Å². The van der Waals surface area contributed by atoms with Crippen molar-refractivity contribution >= 4 is 11.8 Å². The van der Waals surface area contributed by atoms with Crippen molar-refractivity contribution < 1.29 is 14.3 Å². The molecule has 2 heterocycles. The minimum Gasteiger partial charge on any atom is -0.485 e. The number of hydrogen-bond donors (Lipinski definition) is 1.